The summed E-state index contributed by atoms with van der Waals surface area (Å²) in [6.45, 7) is 5.03. The number of hydrogen-bond donors (Lipinski definition) is 1. The summed E-state index contributed by atoms with van der Waals surface area (Å²) in [4.78, 5) is 13.1. The Morgan fingerprint density at radius 3 is 2.67 bits per heavy atom. The van der Waals surface area contributed by atoms with Crippen molar-refractivity contribution in [3.05, 3.63) is 36.3 Å². The van der Waals surface area contributed by atoms with E-state index in [9.17, 15) is 4.79 Å². The number of thioether (sulfide) groups is 1. The monoisotopic (exact) mass is 347 g/mol. The molecule has 0 atom stereocenters. The molecular weight excluding hydrogens is 330 g/mol. The highest BCUT2D eigenvalue weighted by Gasteiger charge is 2.18. The number of benzene rings is 1. The van der Waals surface area contributed by atoms with Crippen LogP contribution in [0.25, 0.3) is 11.5 Å². The fraction of sp³-hybridized carbons (Fsp3) is 0.312. The molecule has 3 rings (SSSR count). The van der Waals surface area contributed by atoms with E-state index in [1.165, 1.54) is 11.2 Å². The van der Waals surface area contributed by atoms with E-state index in [0.29, 0.717) is 24.4 Å². The first-order chi connectivity index (χ1) is 11.6. The van der Waals surface area contributed by atoms with Crippen LogP contribution in [0.1, 0.15) is 13.8 Å². The van der Waals surface area contributed by atoms with E-state index in [1.54, 1.807) is 11.8 Å². The first-order valence-corrected chi connectivity index (χ1v) is 8.36. The second kappa shape index (κ2) is 7.39. The van der Waals surface area contributed by atoms with Gasteiger partial charge in [-0.25, -0.2) is 0 Å². The molecule has 0 unspecified atom stereocenters. The van der Waals surface area contributed by atoms with Crippen molar-refractivity contribution in [3.8, 4) is 11.5 Å². The third-order valence-corrected chi connectivity index (χ3v) is 4.01. The van der Waals surface area contributed by atoms with Gasteiger partial charge in [-0.1, -0.05) is 18.9 Å². The number of hydrogen-bond acceptors (Lipinski definition) is 7. The zero-order valence-corrected chi connectivity index (χ0v) is 14.1. The molecule has 1 amide bonds. The Morgan fingerprint density at radius 2 is 2.00 bits per heavy atom. The van der Waals surface area contributed by atoms with E-state index in [-0.39, 0.29) is 11.8 Å². The summed E-state index contributed by atoms with van der Waals surface area (Å²) in [5.41, 5.74) is 0.785. The van der Waals surface area contributed by atoms with Gasteiger partial charge in [-0.2, -0.15) is 0 Å². The van der Waals surface area contributed by atoms with Crippen LogP contribution in [-0.4, -0.2) is 34.6 Å². The van der Waals surface area contributed by atoms with Crippen molar-refractivity contribution in [1.29, 1.82) is 0 Å². The maximum Gasteiger partial charge on any atom is 0.322 e. The molecule has 0 radical (unpaired) electrons. The second-order valence-electron chi connectivity index (χ2n) is 5.26. The predicted octanol–water partition coefficient (Wildman–Crippen LogP) is 3.06. The van der Waals surface area contributed by atoms with Crippen LogP contribution in [0.3, 0.4) is 0 Å². The third-order valence-electron chi connectivity index (χ3n) is 2.99. The van der Waals surface area contributed by atoms with Gasteiger partial charge in [0, 0.05) is 15.7 Å². The Labute approximate surface area is 143 Å². The van der Waals surface area contributed by atoms with Crippen molar-refractivity contribution in [3.63, 3.8) is 0 Å². The van der Waals surface area contributed by atoms with Gasteiger partial charge in [0.2, 0.25) is 11.6 Å². The quantitative estimate of drug-likeness (QED) is 0.832. The normalized spacial score (nSPS) is 13.9. The molecule has 1 N–H and O–H groups in total. The van der Waals surface area contributed by atoms with Crippen molar-refractivity contribution < 1.29 is 18.7 Å². The Kier molecular flexibility index (Phi) is 5.05. The minimum Gasteiger partial charge on any atom is -0.494 e. The Balaban J connectivity index is 1.66. The number of nitrogens with one attached hydrogen (secondary N) is 1. The minimum absolute atomic E-state index is 0.00528. The lowest BCUT2D eigenvalue weighted by Crippen LogP contribution is -2.21. The van der Waals surface area contributed by atoms with Crippen molar-refractivity contribution in [1.82, 2.24) is 10.2 Å². The van der Waals surface area contributed by atoms with E-state index in [4.69, 9.17) is 13.9 Å². The SMILES string of the molecule is CC(C)Sc1ccc(-c2nnc(NC(=O)C3=COCCO3)o2)cc1. The summed E-state index contributed by atoms with van der Waals surface area (Å²) in [6, 6.07) is 7.82. The zero-order chi connectivity index (χ0) is 16.9. The first-order valence-electron chi connectivity index (χ1n) is 7.48. The zero-order valence-electron chi connectivity index (χ0n) is 13.3. The van der Waals surface area contributed by atoms with Crippen LogP contribution >= 0.6 is 11.8 Å². The summed E-state index contributed by atoms with van der Waals surface area (Å²) < 4.78 is 15.7. The molecule has 7 nitrogen and oxygen atoms in total. The van der Waals surface area contributed by atoms with Gasteiger partial charge in [0.05, 0.1) is 0 Å². The molecule has 0 saturated carbocycles. The Hall–Kier alpha value is -2.48. The molecular formula is C16H17N3O4S. The molecule has 24 heavy (non-hydrogen) atoms. The number of aromatic nitrogens is 2. The molecule has 8 heteroatoms. The van der Waals surface area contributed by atoms with Crippen LogP contribution in [0.4, 0.5) is 6.01 Å². The standard InChI is InChI=1S/C16H17N3O4S/c1-10(2)24-12-5-3-11(4-6-12)15-18-19-16(23-15)17-14(20)13-9-21-7-8-22-13/h3-6,9-10H,7-8H2,1-2H3,(H,17,19,20). The highest BCUT2D eigenvalue weighted by atomic mass is 32.2. The van der Waals surface area contributed by atoms with Gasteiger partial charge < -0.3 is 13.9 Å². The van der Waals surface area contributed by atoms with Crippen LogP contribution in [0, 0.1) is 0 Å². The highest BCUT2D eigenvalue weighted by molar-refractivity contribution is 7.99. The van der Waals surface area contributed by atoms with Crippen molar-refractivity contribution in [2.45, 2.75) is 24.0 Å². The molecule has 0 aliphatic carbocycles. The van der Waals surface area contributed by atoms with E-state index < -0.39 is 5.91 Å². The van der Waals surface area contributed by atoms with Crippen LogP contribution in [0.15, 0.2) is 45.6 Å². The number of amides is 1. The summed E-state index contributed by atoms with van der Waals surface area (Å²) >= 11 is 1.78. The summed E-state index contributed by atoms with van der Waals surface area (Å²) in [6.07, 6.45) is 1.27. The predicted molar refractivity (Wildman–Crippen MR) is 89.3 cm³/mol. The fourth-order valence-corrected chi connectivity index (χ4v) is 2.82. The highest BCUT2D eigenvalue weighted by Crippen LogP contribution is 2.26. The van der Waals surface area contributed by atoms with Gasteiger partial charge >= 0.3 is 6.01 Å². The number of rotatable bonds is 5. The van der Waals surface area contributed by atoms with E-state index >= 15 is 0 Å². The van der Waals surface area contributed by atoms with E-state index in [2.05, 4.69) is 29.4 Å². The molecule has 2 aromatic rings. The van der Waals surface area contributed by atoms with Crippen molar-refractivity contribution in [2.75, 3.05) is 18.5 Å². The molecule has 1 aliphatic rings. The smallest absolute Gasteiger partial charge is 0.322 e. The van der Waals surface area contributed by atoms with Gasteiger partial charge in [-0.15, -0.1) is 16.9 Å². The van der Waals surface area contributed by atoms with Gasteiger partial charge in [0.1, 0.15) is 19.5 Å². The first kappa shape index (κ1) is 16.4. The average Bonchev–Trinajstić information content (AvgIpc) is 3.04. The number of carbonyl (C=O) groups excluding carboxylic acids is 1. The average molecular weight is 347 g/mol. The van der Waals surface area contributed by atoms with Gasteiger partial charge in [0.25, 0.3) is 5.91 Å². The van der Waals surface area contributed by atoms with Gasteiger partial charge in [-0.3, -0.25) is 10.1 Å². The topological polar surface area (TPSA) is 86.5 Å². The molecule has 126 valence electrons. The van der Waals surface area contributed by atoms with Crippen LogP contribution in [-0.2, 0) is 14.3 Å². The van der Waals surface area contributed by atoms with Crippen LogP contribution in [0.5, 0.6) is 0 Å². The van der Waals surface area contributed by atoms with Crippen molar-refractivity contribution in [2.24, 2.45) is 0 Å². The molecule has 1 aromatic carbocycles. The second-order valence-corrected chi connectivity index (χ2v) is 6.91. The summed E-state index contributed by atoms with van der Waals surface area (Å²) in [5.74, 6) is -0.0779. The molecule has 0 saturated heterocycles. The molecule has 0 fully saturated rings. The van der Waals surface area contributed by atoms with Gasteiger partial charge in [-0.05, 0) is 24.3 Å². The minimum atomic E-state index is -0.492. The molecule has 0 spiro atoms. The molecule has 2 heterocycles. The lowest BCUT2D eigenvalue weighted by Gasteiger charge is -2.13. The van der Waals surface area contributed by atoms with E-state index in [1.807, 2.05) is 24.3 Å². The Bertz CT molecular complexity index is 740. The van der Waals surface area contributed by atoms with Crippen LogP contribution < -0.4 is 5.32 Å². The number of carbonyl (C=O) groups is 1. The maximum absolute atomic E-state index is 11.9. The number of ether oxygens (including phenoxy) is 2. The maximum atomic E-state index is 11.9. The fourth-order valence-electron chi connectivity index (χ4n) is 1.98. The lowest BCUT2D eigenvalue weighted by atomic mass is 10.2. The number of nitrogens with zero attached hydrogens (tertiary/aromatic N) is 2. The van der Waals surface area contributed by atoms with Gasteiger partial charge in [0.15, 0.2) is 0 Å². The summed E-state index contributed by atoms with van der Waals surface area (Å²) in [7, 11) is 0. The largest absolute Gasteiger partial charge is 0.494 e. The number of anilines is 1. The molecule has 0 bridgehead atoms. The van der Waals surface area contributed by atoms with Crippen molar-refractivity contribution >= 4 is 23.7 Å². The van der Waals surface area contributed by atoms with Crippen LogP contribution in [0.2, 0.25) is 0 Å². The van der Waals surface area contributed by atoms with E-state index in [0.717, 1.165) is 5.56 Å². The Morgan fingerprint density at radius 1 is 1.21 bits per heavy atom. The molecule has 1 aromatic heterocycles. The lowest BCUT2D eigenvalue weighted by molar-refractivity contribution is -0.117. The molecule has 1 aliphatic heterocycles. The summed E-state index contributed by atoms with van der Waals surface area (Å²) in [5, 5.41) is 10.8. The third kappa shape index (κ3) is 4.08.